The third kappa shape index (κ3) is 8.58. The Morgan fingerprint density at radius 2 is 1.86 bits per heavy atom. The predicted octanol–water partition coefficient (Wildman–Crippen LogP) is 3.35. The van der Waals surface area contributed by atoms with Gasteiger partial charge in [-0.15, -0.1) is 0 Å². The number of rotatable bonds is 10. The Hall–Kier alpha value is -1.26. The van der Waals surface area contributed by atoms with Crippen molar-refractivity contribution < 1.29 is 14.7 Å². The normalized spacial score (nSPS) is 12.8. The smallest absolute Gasteiger partial charge is 0.317 e. The molecule has 0 aromatic carbocycles. The number of amides is 2. The molecule has 0 aliphatic rings. The molecule has 0 aromatic rings. The van der Waals surface area contributed by atoms with Crippen molar-refractivity contribution in [2.75, 3.05) is 19.6 Å². The highest BCUT2D eigenvalue weighted by Gasteiger charge is 2.22. The molecule has 124 valence electrons. The second-order valence-corrected chi connectivity index (χ2v) is 6.56. The van der Waals surface area contributed by atoms with Crippen molar-refractivity contribution in [1.82, 2.24) is 10.2 Å². The number of unbranched alkanes of at least 4 members (excludes halogenated alkanes) is 2. The number of carbonyl (C=O) groups excluding carboxylic acids is 1. The highest BCUT2D eigenvalue weighted by Crippen LogP contribution is 2.22. The summed E-state index contributed by atoms with van der Waals surface area (Å²) < 4.78 is 0. The van der Waals surface area contributed by atoms with Gasteiger partial charge in [0.05, 0.1) is 5.92 Å². The van der Waals surface area contributed by atoms with Crippen molar-refractivity contribution in [2.24, 2.45) is 11.3 Å². The van der Waals surface area contributed by atoms with Crippen molar-refractivity contribution in [2.45, 2.75) is 60.3 Å². The minimum atomic E-state index is -0.874. The van der Waals surface area contributed by atoms with Crippen LogP contribution in [0.2, 0.25) is 0 Å². The fraction of sp³-hybridized carbons (Fsp3) is 0.875. The molecule has 5 nitrogen and oxygen atoms in total. The standard InChI is InChI=1S/C16H32N2O3/c1-6-8-9-10-16(4,5)12-17-15(21)18(7-2)11-13(3)14(19)20/h13H,6-12H2,1-5H3,(H,17,21)(H,19,20). The van der Waals surface area contributed by atoms with Gasteiger partial charge < -0.3 is 15.3 Å². The van der Waals surface area contributed by atoms with Crippen LogP contribution in [0.3, 0.4) is 0 Å². The molecule has 0 fully saturated rings. The number of carboxylic acids is 1. The number of carboxylic acid groups (broad SMARTS) is 1. The van der Waals surface area contributed by atoms with E-state index in [1.165, 1.54) is 19.3 Å². The Kier molecular flexibility index (Phi) is 9.06. The van der Waals surface area contributed by atoms with Gasteiger partial charge in [-0.1, -0.05) is 47.0 Å². The molecule has 2 N–H and O–H groups in total. The summed E-state index contributed by atoms with van der Waals surface area (Å²) in [5.41, 5.74) is 0.0721. The van der Waals surface area contributed by atoms with E-state index in [1.54, 1.807) is 11.8 Å². The summed E-state index contributed by atoms with van der Waals surface area (Å²) in [6.45, 7) is 11.3. The highest BCUT2D eigenvalue weighted by atomic mass is 16.4. The third-order valence-corrected chi connectivity index (χ3v) is 3.76. The van der Waals surface area contributed by atoms with Crippen molar-refractivity contribution in [3.63, 3.8) is 0 Å². The Morgan fingerprint density at radius 1 is 1.24 bits per heavy atom. The lowest BCUT2D eigenvalue weighted by Crippen LogP contribution is -2.45. The van der Waals surface area contributed by atoms with E-state index in [2.05, 4.69) is 26.1 Å². The molecule has 1 unspecified atom stereocenters. The maximum absolute atomic E-state index is 12.1. The number of aliphatic carboxylic acids is 1. The van der Waals surface area contributed by atoms with Crippen molar-refractivity contribution in [3.05, 3.63) is 0 Å². The SMILES string of the molecule is CCCCCC(C)(C)CNC(=O)N(CC)CC(C)C(=O)O. The third-order valence-electron chi connectivity index (χ3n) is 3.76. The monoisotopic (exact) mass is 300 g/mol. The van der Waals surface area contributed by atoms with Crippen LogP contribution in [0, 0.1) is 11.3 Å². The maximum Gasteiger partial charge on any atom is 0.317 e. The minimum absolute atomic E-state index is 0.0721. The van der Waals surface area contributed by atoms with Crippen LogP contribution < -0.4 is 5.32 Å². The zero-order chi connectivity index (χ0) is 16.5. The summed E-state index contributed by atoms with van der Waals surface area (Å²) >= 11 is 0. The van der Waals surface area contributed by atoms with Crippen LogP contribution in [-0.4, -0.2) is 41.6 Å². The molecule has 0 spiro atoms. The zero-order valence-corrected chi connectivity index (χ0v) is 14.2. The molecule has 0 saturated heterocycles. The first kappa shape index (κ1) is 19.7. The number of carbonyl (C=O) groups is 2. The van der Waals surface area contributed by atoms with Gasteiger partial charge in [-0.3, -0.25) is 4.79 Å². The molecular weight excluding hydrogens is 268 g/mol. The van der Waals surface area contributed by atoms with Crippen molar-refractivity contribution in [1.29, 1.82) is 0 Å². The largest absolute Gasteiger partial charge is 0.481 e. The van der Waals surface area contributed by atoms with Gasteiger partial charge in [-0.25, -0.2) is 4.79 Å². The van der Waals surface area contributed by atoms with E-state index in [1.807, 2.05) is 6.92 Å². The molecule has 0 heterocycles. The van der Waals surface area contributed by atoms with Crippen LogP contribution in [0.4, 0.5) is 4.79 Å². The minimum Gasteiger partial charge on any atom is -0.481 e. The lowest BCUT2D eigenvalue weighted by atomic mass is 9.87. The first-order chi connectivity index (χ1) is 9.73. The highest BCUT2D eigenvalue weighted by molar-refractivity contribution is 5.76. The lowest BCUT2D eigenvalue weighted by molar-refractivity contribution is -0.141. The average molecular weight is 300 g/mol. The van der Waals surface area contributed by atoms with Gasteiger partial charge in [-0.2, -0.15) is 0 Å². The van der Waals surface area contributed by atoms with E-state index in [9.17, 15) is 9.59 Å². The van der Waals surface area contributed by atoms with Crippen LogP contribution in [-0.2, 0) is 4.79 Å². The Bertz CT molecular complexity index is 329. The summed E-state index contributed by atoms with van der Waals surface area (Å²) in [5, 5.41) is 11.9. The van der Waals surface area contributed by atoms with Gasteiger partial charge in [0, 0.05) is 19.6 Å². The topological polar surface area (TPSA) is 69.6 Å². The maximum atomic E-state index is 12.1. The second kappa shape index (κ2) is 9.64. The molecule has 0 aromatic heterocycles. The second-order valence-electron chi connectivity index (χ2n) is 6.56. The Labute approximate surface area is 129 Å². The van der Waals surface area contributed by atoms with Gasteiger partial charge in [0.1, 0.15) is 0 Å². The fourth-order valence-corrected chi connectivity index (χ4v) is 2.13. The van der Waals surface area contributed by atoms with E-state index < -0.39 is 11.9 Å². The van der Waals surface area contributed by atoms with E-state index >= 15 is 0 Å². The fourth-order valence-electron chi connectivity index (χ4n) is 2.13. The van der Waals surface area contributed by atoms with Crippen molar-refractivity contribution >= 4 is 12.0 Å². The van der Waals surface area contributed by atoms with E-state index in [0.29, 0.717) is 13.1 Å². The summed E-state index contributed by atoms with van der Waals surface area (Å²) in [6.07, 6.45) is 4.67. The summed E-state index contributed by atoms with van der Waals surface area (Å²) in [5.74, 6) is -1.42. The molecule has 0 rings (SSSR count). The predicted molar refractivity (Wildman–Crippen MR) is 85.4 cm³/mol. The van der Waals surface area contributed by atoms with Crippen LogP contribution in [0.1, 0.15) is 60.3 Å². The first-order valence-electron chi connectivity index (χ1n) is 7.99. The molecule has 0 aliphatic carbocycles. The van der Waals surface area contributed by atoms with E-state index in [0.717, 1.165) is 6.42 Å². The summed E-state index contributed by atoms with van der Waals surface area (Å²) in [4.78, 5) is 24.6. The molecule has 0 radical (unpaired) electrons. The summed E-state index contributed by atoms with van der Waals surface area (Å²) in [7, 11) is 0. The molecule has 0 bridgehead atoms. The summed E-state index contributed by atoms with van der Waals surface area (Å²) in [6, 6.07) is -0.172. The number of hydrogen-bond donors (Lipinski definition) is 2. The van der Waals surface area contributed by atoms with Crippen LogP contribution >= 0.6 is 0 Å². The van der Waals surface area contributed by atoms with E-state index in [4.69, 9.17) is 5.11 Å². The van der Waals surface area contributed by atoms with Gasteiger partial charge in [-0.05, 0) is 18.8 Å². The van der Waals surface area contributed by atoms with Crippen LogP contribution in [0.25, 0.3) is 0 Å². The number of urea groups is 1. The van der Waals surface area contributed by atoms with Gasteiger partial charge in [0.2, 0.25) is 0 Å². The van der Waals surface area contributed by atoms with Gasteiger partial charge >= 0.3 is 12.0 Å². The molecule has 2 amide bonds. The molecule has 0 saturated carbocycles. The Balaban J connectivity index is 4.28. The van der Waals surface area contributed by atoms with Gasteiger partial charge in [0.15, 0.2) is 0 Å². The molecule has 0 aliphatic heterocycles. The molecule has 1 atom stereocenters. The number of nitrogens with one attached hydrogen (secondary N) is 1. The van der Waals surface area contributed by atoms with E-state index in [-0.39, 0.29) is 18.0 Å². The van der Waals surface area contributed by atoms with Crippen LogP contribution in [0.5, 0.6) is 0 Å². The molecule has 21 heavy (non-hydrogen) atoms. The molecular formula is C16H32N2O3. The number of hydrogen-bond acceptors (Lipinski definition) is 2. The quantitative estimate of drug-likeness (QED) is 0.608. The van der Waals surface area contributed by atoms with Crippen LogP contribution in [0.15, 0.2) is 0 Å². The Morgan fingerprint density at radius 3 is 2.33 bits per heavy atom. The molecule has 5 heteroatoms. The van der Waals surface area contributed by atoms with Gasteiger partial charge in [0.25, 0.3) is 0 Å². The average Bonchev–Trinajstić information content (AvgIpc) is 2.42. The number of nitrogens with zero attached hydrogens (tertiary/aromatic N) is 1. The first-order valence-corrected chi connectivity index (χ1v) is 7.99. The lowest BCUT2D eigenvalue weighted by Gasteiger charge is -2.28. The van der Waals surface area contributed by atoms with Crippen molar-refractivity contribution in [3.8, 4) is 0 Å². The zero-order valence-electron chi connectivity index (χ0n) is 14.2.